The lowest BCUT2D eigenvalue weighted by molar-refractivity contribution is 0.104. The molecule has 50 valence electrons. The third-order valence-electron chi connectivity index (χ3n) is 1.22. The fourth-order valence-corrected chi connectivity index (χ4v) is 0.607. The zero-order valence-corrected chi connectivity index (χ0v) is 5.76. The summed E-state index contributed by atoms with van der Waals surface area (Å²) in [5, 5.41) is 9.08. The molecule has 0 aromatic carbocycles. The SMILES string of the molecule is CC(C)[C@@H](O)[C@@H](C)N. The number of nitrogens with two attached hydrogens (primary N) is 1. The van der Waals surface area contributed by atoms with E-state index < -0.39 is 0 Å². The van der Waals surface area contributed by atoms with E-state index in [0.717, 1.165) is 0 Å². The van der Waals surface area contributed by atoms with Crippen molar-refractivity contribution in [3.8, 4) is 0 Å². The normalized spacial score (nSPS) is 18.8. The Kier molecular flexibility index (Phi) is 3.02. The fourth-order valence-electron chi connectivity index (χ4n) is 0.607. The van der Waals surface area contributed by atoms with Crippen molar-refractivity contribution in [3.63, 3.8) is 0 Å². The Labute approximate surface area is 50.7 Å². The first-order valence-corrected chi connectivity index (χ1v) is 2.99. The molecule has 0 saturated carbocycles. The number of hydrogen-bond acceptors (Lipinski definition) is 2. The van der Waals surface area contributed by atoms with Crippen LogP contribution in [0.25, 0.3) is 0 Å². The van der Waals surface area contributed by atoms with Gasteiger partial charge in [0.2, 0.25) is 0 Å². The summed E-state index contributed by atoms with van der Waals surface area (Å²) in [5.74, 6) is 0.273. The van der Waals surface area contributed by atoms with Gasteiger partial charge in [0.25, 0.3) is 0 Å². The lowest BCUT2D eigenvalue weighted by atomic mass is 10.0. The van der Waals surface area contributed by atoms with Crippen LogP contribution in [-0.2, 0) is 0 Å². The van der Waals surface area contributed by atoms with E-state index in [4.69, 9.17) is 10.8 Å². The molecule has 0 rings (SSSR count). The second-order valence-corrected chi connectivity index (χ2v) is 2.59. The van der Waals surface area contributed by atoms with E-state index in [-0.39, 0.29) is 18.1 Å². The molecule has 0 unspecified atom stereocenters. The first-order valence-electron chi connectivity index (χ1n) is 2.99. The molecule has 0 amide bonds. The van der Waals surface area contributed by atoms with Gasteiger partial charge in [-0.2, -0.15) is 0 Å². The Bertz CT molecular complexity index is 53.5. The Morgan fingerprint density at radius 1 is 1.25 bits per heavy atom. The maximum Gasteiger partial charge on any atom is 0.0711 e. The van der Waals surface area contributed by atoms with Crippen molar-refractivity contribution < 1.29 is 5.11 Å². The highest BCUT2D eigenvalue weighted by atomic mass is 16.3. The van der Waals surface area contributed by atoms with Crippen LogP contribution in [0.5, 0.6) is 0 Å². The minimum absolute atomic E-state index is 0.102. The van der Waals surface area contributed by atoms with E-state index >= 15 is 0 Å². The third-order valence-corrected chi connectivity index (χ3v) is 1.22. The van der Waals surface area contributed by atoms with Crippen molar-refractivity contribution >= 4 is 0 Å². The summed E-state index contributed by atoms with van der Waals surface area (Å²) in [4.78, 5) is 0. The van der Waals surface area contributed by atoms with E-state index in [2.05, 4.69) is 0 Å². The molecule has 0 radical (unpaired) electrons. The van der Waals surface area contributed by atoms with Crippen LogP contribution < -0.4 is 5.73 Å². The molecule has 0 bridgehead atoms. The van der Waals surface area contributed by atoms with E-state index in [1.807, 2.05) is 20.8 Å². The van der Waals surface area contributed by atoms with Gasteiger partial charge in [-0.3, -0.25) is 0 Å². The van der Waals surface area contributed by atoms with E-state index in [1.165, 1.54) is 0 Å². The molecule has 0 heterocycles. The van der Waals surface area contributed by atoms with Crippen LogP contribution in [-0.4, -0.2) is 17.3 Å². The number of aliphatic hydroxyl groups excluding tert-OH is 1. The summed E-state index contributed by atoms with van der Waals surface area (Å²) in [6, 6.07) is -0.102. The van der Waals surface area contributed by atoms with Crippen molar-refractivity contribution in [1.82, 2.24) is 0 Å². The molecule has 0 fully saturated rings. The maximum atomic E-state index is 9.08. The molecule has 0 aliphatic rings. The van der Waals surface area contributed by atoms with Crippen molar-refractivity contribution in [2.24, 2.45) is 11.7 Å². The lowest BCUT2D eigenvalue weighted by Crippen LogP contribution is -2.35. The maximum absolute atomic E-state index is 9.08. The van der Waals surface area contributed by atoms with Crippen LogP contribution in [0.3, 0.4) is 0 Å². The van der Waals surface area contributed by atoms with E-state index in [1.54, 1.807) is 0 Å². The van der Waals surface area contributed by atoms with Gasteiger partial charge >= 0.3 is 0 Å². The topological polar surface area (TPSA) is 46.2 Å². The zero-order chi connectivity index (χ0) is 6.73. The smallest absolute Gasteiger partial charge is 0.0711 e. The Hall–Kier alpha value is -0.0800. The van der Waals surface area contributed by atoms with Gasteiger partial charge in [-0.15, -0.1) is 0 Å². The van der Waals surface area contributed by atoms with E-state index in [9.17, 15) is 0 Å². The molecule has 2 heteroatoms. The number of aliphatic hydroxyl groups is 1. The fraction of sp³-hybridized carbons (Fsp3) is 1.00. The summed E-state index contributed by atoms with van der Waals surface area (Å²) in [7, 11) is 0. The molecule has 0 aliphatic heterocycles. The van der Waals surface area contributed by atoms with Gasteiger partial charge in [0, 0.05) is 6.04 Å². The molecule has 0 aromatic heterocycles. The molecule has 8 heavy (non-hydrogen) atoms. The summed E-state index contributed by atoms with van der Waals surface area (Å²) in [5.41, 5.74) is 5.39. The molecule has 3 N–H and O–H groups in total. The van der Waals surface area contributed by atoms with Crippen LogP contribution in [0, 0.1) is 5.92 Å². The standard InChI is InChI=1S/C6H15NO/c1-4(2)6(8)5(3)7/h4-6,8H,7H2,1-3H3/t5-,6-/m1/s1. The molecular weight excluding hydrogens is 102 g/mol. The minimum Gasteiger partial charge on any atom is -0.391 e. The zero-order valence-electron chi connectivity index (χ0n) is 5.76. The quantitative estimate of drug-likeness (QED) is 0.548. The second kappa shape index (κ2) is 3.05. The second-order valence-electron chi connectivity index (χ2n) is 2.59. The van der Waals surface area contributed by atoms with Crippen molar-refractivity contribution in [2.45, 2.75) is 32.9 Å². The first-order chi connectivity index (χ1) is 3.55. The van der Waals surface area contributed by atoms with Crippen molar-refractivity contribution in [1.29, 1.82) is 0 Å². The highest BCUT2D eigenvalue weighted by Gasteiger charge is 2.12. The molecule has 0 saturated heterocycles. The van der Waals surface area contributed by atoms with Crippen LogP contribution in [0.2, 0.25) is 0 Å². The largest absolute Gasteiger partial charge is 0.391 e. The van der Waals surface area contributed by atoms with Gasteiger partial charge in [-0.25, -0.2) is 0 Å². The lowest BCUT2D eigenvalue weighted by Gasteiger charge is -2.17. The summed E-state index contributed by atoms with van der Waals surface area (Å²) in [6.45, 7) is 5.72. The molecule has 0 aromatic rings. The van der Waals surface area contributed by atoms with Crippen molar-refractivity contribution in [3.05, 3.63) is 0 Å². The van der Waals surface area contributed by atoms with Gasteiger partial charge in [0.1, 0.15) is 0 Å². The summed E-state index contributed by atoms with van der Waals surface area (Å²) in [6.07, 6.45) is -0.352. The first kappa shape index (κ1) is 7.92. The Balaban J connectivity index is 3.46. The highest BCUT2D eigenvalue weighted by molar-refractivity contribution is 4.68. The van der Waals surface area contributed by atoms with Crippen LogP contribution in [0.15, 0.2) is 0 Å². The average molecular weight is 117 g/mol. The molecule has 2 nitrogen and oxygen atoms in total. The molecule has 0 spiro atoms. The van der Waals surface area contributed by atoms with Gasteiger partial charge in [-0.05, 0) is 12.8 Å². The predicted molar refractivity (Wildman–Crippen MR) is 34.5 cm³/mol. The highest BCUT2D eigenvalue weighted by Crippen LogP contribution is 2.02. The Morgan fingerprint density at radius 2 is 1.62 bits per heavy atom. The number of rotatable bonds is 2. The Morgan fingerprint density at radius 3 is 1.62 bits per heavy atom. The third kappa shape index (κ3) is 2.28. The van der Waals surface area contributed by atoms with Crippen LogP contribution in [0.4, 0.5) is 0 Å². The summed E-state index contributed by atoms with van der Waals surface area (Å²) >= 11 is 0. The van der Waals surface area contributed by atoms with Gasteiger partial charge in [0.15, 0.2) is 0 Å². The van der Waals surface area contributed by atoms with Gasteiger partial charge in [-0.1, -0.05) is 13.8 Å². The predicted octanol–water partition coefficient (Wildman–Crippen LogP) is 0.350. The van der Waals surface area contributed by atoms with E-state index in [0.29, 0.717) is 0 Å². The minimum atomic E-state index is -0.352. The monoisotopic (exact) mass is 117 g/mol. The molecular formula is C6H15NO. The van der Waals surface area contributed by atoms with Crippen LogP contribution in [0.1, 0.15) is 20.8 Å². The van der Waals surface area contributed by atoms with Gasteiger partial charge in [0.05, 0.1) is 6.10 Å². The molecule has 2 atom stereocenters. The number of hydrogen-bond donors (Lipinski definition) is 2. The summed E-state index contributed by atoms with van der Waals surface area (Å²) < 4.78 is 0. The molecule has 0 aliphatic carbocycles. The van der Waals surface area contributed by atoms with Crippen LogP contribution >= 0.6 is 0 Å². The van der Waals surface area contributed by atoms with Crippen molar-refractivity contribution in [2.75, 3.05) is 0 Å². The average Bonchev–Trinajstić information content (AvgIpc) is 1.64. The van der Waals surface area contributed by atoms with Gasteiger partial charge < -0.3 is 10.8 Å².